The molecule has 1 rings (SSSR count). The van der Waals surface area contributed by atoms with Crippen LogP contribution in [0.1, 0.15) is 5.69 Å². The molecule has 0 amide bonds. The van der Waals surface area contributed by atoms with Gasteiger partial charge in [-0.25, -0.2) is 0 Å². The summed E-state index contributed by atoms with van der Waals surface area (Å²) in [5.74, 6) is 0. The summed E-state index contributed by atoms with van der Waals surface area (Å²) in [6.45, 7) is 0. The summed E-state index contributed by atoms with van der Waals surface area (Å²) in [4.78, 5) is 3.86. The molecule has 0 atom stereocenters. The Bertz CT molecular complexity index is 200. The van der Waals surface area contributed by atoms with E-state index in [2.05, 4.69) is 10.1 Å². The molecule has 0 aliphatic heterocycles. The predicted octanol–water partition coefficient (Wildman–Crippen LogP) is 0.887. The quantitative estimate of drug-likeness (QED) is 0.302. The van der Waals surface area contributed by atoms with Crippen molar-refractivity contribution in [3.05, 3.63) is 30.1 Å². The molecule has 1 aromatic rings. The topological polar surface area (TPSA) is 45.5 Å². The zero-order valence-corrected chi connectivity index (χ0v) is 6.03. The van der Waals surface area contributed by atoms with Crippen LogP contribution in [-0.4, -0.2) is 16.4 Å². The van der Waals surface area contributed by atoms with E-state index in [-0.39, 0.29) is 16.5 Å². The van der Waals surface area contributed by atoms with Gasteiger partial charge in [0.1, 0.15) is 0 Å². The Balaban J connectivity index is 0.000000810. The predicted molar refractivity (Wildman–Crippen MR) is 33.6 cm³/mol. The Morgan fingerprint density at radius 2 is 2.30 bits per heavy atom. The number of rotatable bonds is 1. The first kappa shape index (κ1) is 9.11. The van der Waals surface area contributed by atoms with Crippen molar-refractivity contribution in [2.24, 2.45) is 5.16 Å². The third-order valence-electron chi connectivity index (χ3n) is 0.878. The summed E-state index contributed by atoms with van der Waals surface area (Å²) in [5, 5.41) is 10.9. The monoisotopic (exact) mass is 180 g/mol. The summed E-state index contributed by atoms with van der Waals surface area (Å²) in [6.07, 6.45) is 2.91. The molecule has 0 unspecified atom stereocenters. The molecule has 0 bridgehead atoms. The summed E-state index contributed by atoms with van der Waals surface area (Å²) >= 11 is 0. The smallest absolute Gasteiger partial charge is 0.0918 e. The molecule has 1 N–H and O–H groups in total. The van der Waals surface area contributed by atoms with Crippen LogP contribution in [0, 0.1) is 0 Å². The standard InChI is InChI=1S/C6H6N2O.Ni/c9-8-5-6-3-1-2-4-7-6;/h1-5,9H;. The van der Waals surface area contributed by atoms with Crippen LogP contribution < -0.4 is 0 Å². The normalized spacial score (nSPS) is 9.20. The zero-order chi connectivity index (χ0) is 6.53. The van der Waals surface area contributed by atoms with Gasteiger partial charge >= 0.3 is 0 Å². The molecule has 0 spiro atoms. The molecular formula is C6H6N2NiO. The van der Waals surface area contributed by atoms with Crippen molar-refractivity contribution < 1.29 is 21.7 Å². The van der Waals surface area contributed by atoms with E-state index in [1.54, 1.807) is 18.3 Å². The molecule has 0 saturated carbocycles. The summed E-state index contributed by atoms with van der Waals surface area (Å²) in [6, 6.07) is 5.37. The second-order valence-corrected chi connectivity index (χ2v) is 1.50. The number of oxime groups is 1. The van der Waals surface area contributed by atoms with Crippen LogP contribution in [0.25, 0.3) is 0 Å². The summed E-state index contributed by atoms with van der Waals surface area (Å²) in [7, 11) is 0. The second kappa shape index (κ2) is 4.94. The van der Waals surface area contributed by atoms with Gasteiger partial charge in [-0.3, -0.25) is 4.98 Å². The summed E-state index contributed by atoms with van der Waals surface area (Å²) in [5.41, 5.74) is 0.653. The first-order valence-corrected chi connectivity index (χ1v) is 2.52. The van der Waals surface area contributed by atoms with Gasteiger partial charge in [-0.1, -0.05) is 11.2 Å². The number of aromatic nitrogens is 1. The van der Waals surface area contributed by atoms with Crippen LogP contribution in [0.2, 0.25) is 0 Å². The first-order valence-electron chi connectivity index (χ1n) is 2.52. The maximum atomic E-state index is 8.05. The van der Waals surface area contributed by atoms with Gasteiger partial charge in [0.05, 0.1) is 11.9 Å². The van der Waals surface area contributed by atoms with Crippen LogP contribution in [0.4, 0.5) is 0 Å². The molecule has 0 aromatic carbocycles. The van der Waals surface area contributed by atoms with Crippen molar-refractivity contribution in [2.45, 2.75) is 0 Å². The molecular weight excluding hydrogens is 175 g/mol. The van der Waals surface area contributed by atoms with E-state index in [0.29, 0.717) is 5.69 Å². The molecule has 1 aromatic heterocycles. The van der Waals surface area contributed by atoms with Crippen LogP contribution in [0.5, 0.6) is 0 Å². The minimum atomic E-state index is 0. The summed E-state index contributed by atoms with van der Waals surface area (Å²) < 4.78 is 0. The van der Waals surface area contributed by atoms with E-state index in [9.17, 15) is 0 Å². The van der Waals surface area contributed by atoms with Crippen LogP contribution >= 0.6 is 0 Å². The van der Waals surface area contributed by atoms with Crippen molar-refractivity contribution in [2.75, 3.05) is 0 Å². The maximum Gasteiger partial charge on any atom is 0.0918 e. The minimum absolute atomic E-state index is 0. The van der Waals surface area contributed by atoms with E-state index in [0.717, 1.165) is 0 Å². The van der Waals surface area contributed by atoms with Crippen molar-refractivity contribution in [3.63, 3.8) is 0 Å². The van der Waals surface area contributed by atoms with Gasteiger partial charge in [-0.05, 0) is 12.1 Å². The third-order valence-corrected chi connectivity index (χ3v) is 0.878. The Labute approximate surface area is 68.7 Å². The number of nitrogens with zero attached hydrogens (tertiary/aromatic N) is 2. The van der Waals surface area contributed by atoms with Crippen molar-refractivity contribution >= 4 is 6.21 Å². The molecule has 0 aliphatic carbocycles. The van der Waals surface area contributed by atoms with Gasteiger partial charge in [0.15, 0.2) is 0 Å². The number of hydrogen-bond donors (Lipinski definition) is 1. The van der Waals surface area contributed by atoms with Gasteiger partial charge < -0.3 is 5.21 Å². The van der Waals surface area contributed by atoms with Crippen LogP contribution in [0.3, 0.4) is 0 Å². The van der Waals surface area contributed by atoms with Crippen molar-refractivity contribution in [1.82, 2.24) is 4.98 Å². The van der Waals surface area contributed by atoms with E-state index in [1.807, 2.05) is 6.07 Å². The van der Waals surface area contributed by atoms with Gasteiger partial charge in [-0.2, -0.15) is 0 Å². The van der Waals surface area contributed by atoms with Crippen LogP contribution in [-0.2, 0) is 16.5 Å². The Morgan fingerprint density at radius 1 is 1.50 bits per heavy atom. The van der Waals surface area contributed by atoms with Gasteiger partial charge in [0.25, 0.3) is 0 Å². The first-order chi connectivity index (χ1) is 4.43. The SMILES string of the molecule is ON=Cc1ccccn1.[Ni]. The van der Waals surface area contributed by atoms with E-state index >= 15 is 0 Å². The Hall–Kier alpha value is -0.886. The fraction of sp³-hybridized carbons (Fsp3) is 0. The maximum absolute atomic E-state index is 8.05. The van der Waals surface area contributed by atoms with Gasteiger partial charge in [0.2, 0.25) is 0 Å². The largest absolute Gasteiger partial charge is 0.411 e. The zero-order valence-electron chi connectivity index (χ0n) is 5.04. The van der Waals surface area contributed by atoms with Crippen molar-refractivity contribution in [3.8, 4) is 0 Å². The van der Waals surface area contributed by atoms with E-state index < -0.39 is 0 Å². The Morgan fingerprint density at radius 3 is 2.80 bits per heavy atom. The molecule has 3 nitrogen and oxygen atoms in total. The van der Waals surface area contributed by atoms with Crippen molar-refractivity contribution in [1.29, 1.82) is 0 Å². The van der Waals surface area contributed by atoms with Gasteiger partial charge in [-0.15, -0.1) is 0 Å². The fourth-order valence-electron chi connectivity index (χ4n) is 0.511. The molecule has 1 heterocycles. The second-order valence-electron chi connectivity index (χ2n) is 1.50. The molecule has 0 aliphatic rings. The van der Waals surface area contributed by atoms with Gasteiger partial charge in [0, 0.05) is 22.7 Å². The molecule has 10 heavy (non-hydrogen) atoms. The molecule has 0 radical (unpaired) electrons. The van der Waals surface area contributed by atoms with E-state index in [1.165, 1.54) is 6.21 Å². The average molecular weight is 181 g/mol. The Kier molecular flexibility index (Phi) is 4.50. The average Bonchev–Trinajstić information content (AvgIpc) is 1.91. The molecule has 4 heteroatoms. The van der Waals surface area contributed by atoms with E-state index in [4.69, 9.17) is 5.21 Å². The minimum Gasteiger partial charge on any atom is -0.411 e. The molecule has 56 valence electrons. The number of hydrogen-bond acceptors (Lipinski definition) is 3. The third kappa shape index (κ3) is 2.60. The van der Waals surface area contributed by atoms with Crippen LogP contribution in [0.15, 0.2) is 29.6 Å². The number of pyridine rings is 1. The fourth-order valence-corrected chi connectivity index (χ4v) is 0.511. The molecule has 0 saturated heterocycles. The molecule has 0 fully saturated rings.